The zero-order valence-corrected chi connectivity index (χ0v) is 11.7. The molecule has 2 heterocycles. The van der Waals surface area contributed by atoms with Crippen LogP contribution in [0, 0.1) is 5.92 Å². The Labute approximate surface area is 116 Å². The maximum atomic E-state index is 12.4. The number of halogens is 1. The number of primary amides is 1. The number of rotatable bonds is 3. The highest BCUT2D eigenvalue weighted by atomic mass is 35.5. The molecule has 1 fully saturated rings. The molecule has 1 aliphatic rings. The molecular weight excluding hydrogens is 290 g/mol. The Morgan fingerprint density at radius 1 is 1.42 bits per heavy atom. The zero-order chi connectivity index (χ0) is 14.0. The minimum Gasteiger partial charge on any atom is -0.369 e. The summed E-state index contributed by atoms with van der Waals surface area (Å²) in [4.78, 5) is 14.8. The molecule has 1 amide bonds. The molecule has 2 rings (SSSR count). The SMILES string of the molecule is NC(=O)C1CCN(S(=O)(=O)c2cccnc2Cl)CC1. The highest BCUT2D eigenvalue weighted by Crippen LogP contribution is 2.26. The van der Waals surface area contributed by atoms with Gasteiger partial charge in [0.05, 0.1) is 0 Å². The van der Waals surface area contributed by atoms with Crippen LogP contribution in [0.3, 0.4) is 0 Å². The number of carbonyl (C=O) groups is 1. The monoisotopic (exact) mass is 303 g/mol. The van der Waals surface area contributed by atoms with Crippen LogP contribution < -0.4 is 5.73 Å². The Kier molecular flexibility index (Phi) is 4.07. The maximum Gasteiger partial charge on any atom is 0.246 e. The van der Waals surface area contributed by atoms with Crippen LogP contribution in [0.15, 0.2) is 23.2 Å². The van der Waals surface area contributed by atoms with E-state index in [1.54, 1.807) is 0 Å². The van der Waals surface area contributed by atoms with Gasteiger partial charge in [-0.2, -0.15) is 4.31 Å². The fourth-order valence-corrected chi connectivity index (χ4v) is 3.98. The second-order valence-electron chi connectivity index (χ2n) is 4.37. The second-order valence-corrected chi connectivity index (χ2v) is 6.64. The third-order valence-corrected chi connectivity index (χ3v) is 5.54. The molecule has 2 N–H and O–H groups in total. The van der Waals surface area contributed by atoms with Crippen molar-refractivity contribution in [2.24, 2.45) is 11.7 Å². The molecule has 8 heteroatoms. The van der Waals surface area contributed by atoms with Gasteiger partial charge in [-0.3, -0.25) is 4.79 Å². The van der Waals surface area contributed by atoms with Crippen molar-refractivity contribution in [1.82, 2.24) is 9.29 Å². The molecule has 0 bridgehead atoms. The minimum absolute atomic E-state index is 0.00538. The van der Waals surface area contributed by atoms with Gasteiger partial charge < -0.3 is 5.73 Å². The summed E-state index contributed by atoms with van der Waals surface area (Å²) in [6.07, 6.45) is 2.31. The van der Waals surface area contributed by atoms with Crippen molar-refractivity contribution in [3.05, 3.63) is 23.5 Å². The summed E-state index contributed by atoms with van der Waals surface area (Å²) in [6.45, 7) is 0.530. The van der Waals surface area contributed by atoms with Crippen molar-refractivity contribution in [3.63, 3.8) is 0 Å². The summed E-state index contributed by atoms with van der Waals surface area (Å²) in [7, 11) is -3.66. The average molecular weight is 304 g/mol. The van der Waals surface area contributed by atoms with Crippen molar-refractivity contribution >= 4 is 27.5 Å². The number of sulfonamides is 1. The van der Waals surface area contributed by atoms with Crippen molar-refractivity contribution in [2.45, 2.75) is 17.7 Å². The van der Waals surface area contributed by atoms with E-state index in [1.165, 1.54) is 22.6 Å². The maximum absolute atomic E-state index is 12.4. The first-order valence-electron chi connectivity index (χ1n) is 5.83. The number of amides is 1. The van der Waals surface area contributed by atoms with Gasteiger partial charge in [0.1, 0.15) is 10.0 Å². The van der Waals surface area contributed by atoms with Gasteiger partial charge in [-0.15, -0.1) is 0 Å². The average Bonchev–Trinajstić information content (AvgIpc) is 2.39. The molecule has 0 radical (unpaired) electrons. The lowest BCUT2D eigenvalue weighted by atomic mass is 9.98. The van der Waals surface area contributed by atoms with Crippen LogP contribution in [-0.2, 0) is 14.8 Å². The molecule has 0 unspecified atom stereocenters. The molecule has 1 aromatic rings. The number of piperidine rings is 1. The van der Waals surface area contributed by atoms with Crippen LogP contribution in [0.4, 0.5) is 0 Å². The fraction of sp³-hybridized carbons (Fsp3) is 0.455. The quantitative estimate of drug-likeness (QED) is 0.828. The van der Waals surface area contributed by atoms with E-state index in [2.05, 4.69) is 4.98 Å². The standard InChI is InChI=1S/C11H14ClN3O3S/c12-10-9(2-1-5-14-10)19(17,18)15-6-3-8(4-7-15)11(13)16/h1-2,5,8H,3-4,6-7H2,(H2,13,16). The van der Waals surface area contributed by atoms with Crippen LogP contribution in [0.25, 0.3) is 0 Å². The number of nitrogens with zero attached hydrogens (tertiary/aromatic N) is 2. The van der Waals surface area contributed by atoms with E-state index >= 15 is 0 Å². The Balaban J connectivity index is 2.19. The van der Waals surface area contributed by atoms with Crippen LogP contribution >= 0.6 is 11.6 Å². The first-order chi connectivity index (χ1) is 8.93. The van der Waals surface area contributed by atoms with Crippen molar-refractivity contribution in [3.8, 4) is 0 Å². The lowest BCUT2D eigenvalue weighted by Gasteiger charge is -2.29. The van der Waals surface area contributed by atoms with Gasteiger partial charge in [-0.05, 0) is 25.0 Å². The smallest absolute Gasteiger partial charge is 0.246 e. The zero-order valence-electron chi connectivity index (χ0n) is 10.1. The van der Waals surface area contributed by atoms with Crippen LogP contribution in [-0.4, -0.2) is 36.7 Å². The van der Waals surface area contributed by atoms with E-state index in [-0.39, 0.29) is 35.0 Å². The van der Waals surface area contributed by atoms with E-state index in [4.69, 9.17) is 17.3 Å². The van der Waals surface area contributed by atoms with E-state index in [9.17, 15) is 13.2 Å². The van der Waals surface area contributed by atoms with Crippen molar-refractivity contribution in [2.75, 3.05) is 13.1 Å². The summed E-state index contributed by atoms with van der Waals surface area (Å²) >= 11 is 5.82. The lowest BCUT2D eigenvalue weighted by molar-refractivity contribution is -0.122. The van der Waals surface area contributed by atoms with Crippen LogP contribution in [0.5, 0.6) is 0 Å². The summed E-state index contributed by atoms with van der Waals surface area (Å²) in [5.41, 5.74) is 5.22. The number of hydrogen-bond donors (Lipinski definition) is 1. The summed E-state index contributed by atoms with van der Waals surface area (Å²) in [5.74, 6) is -0.632. The molecule has 19 heavy (non-hydrogen) atoms. The molecule has 0 aromatic carbocycles. The second kappa shape index (κ2) is 5.44. The Morgan fingerprint density at radius 2 is 2.05 bits per heavy atom. The van der Waals surface area contributed by atoms with Gasteiger partial charge in [-0.1, -0.05) is 11.6 Å². The predicted molar refractivity (Wildman–Crippen MR) is 69.9 cm³/mol. The van der Waals surface area contributed by atoms with E-state index in [0.29, 0.717) is 12.8 Å². The largest absolute Gasteiger partial charge is 0.369 e. The van der Waals surface area contributed by atoms with Crippen molar-refractivity contribution < 1.29 is 13.2 Å². The minimum atomic E-state index is -3.66. The van der Waals surface area contributed by atoms with Crippen LogP contribution in [0.2, 0.25) is 5.15 Å². The summed E-state index contributed by atoms with van der Waals surface area (Å²) in [5, 5.41) is -0.0421. The first kappa shape index (κ1) is 14.2. The number of nitrogens with two attached hydrogens (primary N) is 1. The Hall–Kier alpha value is -1.18. The summed E-state index contributed by atoms with van der Waals surface area (Å²) < 4.78 is 26.1. The molecule has 0 atom stereocenters. The predicted octanol–water partition coefficient (Wildman–Crippen LogP) is 0.621. The van der Waals surface area contributed by atoms with Crippen LogP contribution in [0.1, 0.15) is 12.8 Å². The molecule has 0 saturated carbocycles. The first-order valence-corrected chi connectivity index (χ1v) is 7.64. The molecule has 1 aliphatic heterocycles. The molecule has 0 spiro atoms. The van der Waals surface area contributed by atoms with Gasteiger partial charge in [-0.25, -0.2) is 13.4 Å². The topological polar surface area (TPSA) is 93.4 Å². The van der Waals surface area contributed by atoms with Gasteiger partial charge in [0, 0.05) is 25.2 Å². The highest BCUT2D eigenvalue weighted by Gasteiger charge is 2.32. The third kappa shape index (κ3) is 2.88. The molecular formula is C11H14ClN3O3S. The van der Waals surface area contributed by atoms with Crippen molar-refractivity contribution in [1.29, 1.82) is 0 Å². The van der Waals surface area contributed by atoms with Gasteiger partial charge in [0.25, 0.3) is 0 Å². The lowest BCUT2D eigenvalue weighted by Crippen LogP contribution is -2.41. The number of hydrogen-bond acceptors (Lipinski definition) is 4. The summed E-state index contributed by atoms with van der Waals surface area (Å²) in [6, 6.07) is 2.94. The van der Waals surface area contributed by atoms with Gasteiger partial charge >= 0.3 is 0 Å². The number of pyridine rings is 1. The van der Waals surface area contributed by atoms with Gasteiger partial charge in [0.15, 0.2) is 0 Å². The Morgan fingerprint density at radius 3 is 2.58 bits per heavy atom. The molecule has 6 nitrogen and oxygen atoms in total. The molecule has 1 saturated heterocycles. The third-order valence-electron chi connectivity index (χ3n) is 3.20. The Bertz CT molecular complexity index is 583. The van der Waals surface area contributed by atoms with Gasteiger partial charge in [0.2, 0.25) is 15.9 Å². The van der Waals surface area contributed by atoms with E-state index < -0.39 is 10.0 Å². The van der Waals surface area contributed by atoms with E-state index in [0.717, 1.165) is 0 Å². The normalized spacial score (nSPS) is 18.4. The van der Waals surface area contributed by atoms with E-state index in [1.807, 2.05) is 0 Å². The number of carbonyl (C=O) groups excluding carboxylic acids is 1. The highest BCUT2D eigenvalue weighted by molar-refractivity contribution is 7.89. The number of aromatic nitrogens is 1. The molecule has 104 valence electrons. The fourth-order valence-electron chi connectivity index (χ4n) is 2.08. The molecule has 0 aliphatic carbocycles. The molecule has 1 aromatic heterocycles.